The normalized spacial score (nSPS) is 10.9. The second-order valence-corrected chi connectivity index (χ2v) is 6.85. The zero-order valence-electron chi connectivity index (χ0n) is 16.2. The van der Waals surface area contributed by atoms with Crippen molar-refractivity contribution in [2.75, 3.05) is 0 Å². The summed E-state index contributed by atoms with van der Waals surface area (Å²) in [4.78, 5) is 16.0. The molecule has 1 aromatic heterocycles. The number of alkyl halides is 3. The molecule has 4 aromatic rings. The molecule has 1 N–H and O–H groups in total. The van der Waals surface area contributed by atoms with E-state index in [4.69, 9.17) is 0 Å². The third-order valence-corrected chi connectivity index (χ3v) is 4.80. The predicted octanol–water partition coefficient (Wildman–Crippen LogP) is 6.33. The van der Waals surface area contributed by atoms with Crippen molar-refractivity contribution < 1.29 is 18.0 Å². The first-order valence-corrected chi connectivity index (χ1v) is 9.49. The second-order valence-electron chi connectivity index (χ2n) is 6.85. The minimum atomic E-state index is -4.45. The van der Waals surface area contributed by atoms with E-state index in [1.807, 2.05) is 54.6 Å². The van der Waals surface area contributed by atoms with Crippen LogP contribution in [0.1, 0.15) is 32.6 Å². The van der Waals surface area contributed by atoms with Gasteiger partial charge in [0.2, 0.25) is 0 Å². The number of nitrogens with one attached hydrogen (secondary N) is 1. The van der Waals surface area contributed by atoms with Gasteiger partial charge in [-0.05, 0) is 35.9 Å². The molecule has 0 saturated carbocycles. The van der Waals surface area contributed by atoms with Crippen molar-refractivity contribution in [2.45, 2.75) is 6.18 Å². The molecular weight excluding hydrogens is 399 g/mol. The lowest BCUT2D eigenvalue weighted by Gasteiger charge is -2.09. The van der Waals surface area contributed by atoms with Gasteiger partial charge in [0.1, 0.15) is 0 Å². The largest absolute Gasteiger partial charge is 0.416 e. The number of hydrogen-bond donors (Lipinski definition) is 1. The van der Waals surface area contributed by atoms with Gasteiger partial charge in [0.15, 0.2) is 5.78 Å². The summed E-state index contributed by atoms with van der Waals surface area (Å²) in [6.45, 7) is 0. The number of ketones is 1. The predicted molar refractivity (Wildman–Crippen MR) is 114 cm³/mol. The minimum Gasteiger partial charge on any atom is -0.366 e. The summed E-state index contributed by atoms with van der Waals surface area (Å²) in [7, 11) is 0. The van der Waals surface area contributed by atoms with E-state index in [1.54, 1.807) is 12.4 Å². The SMILES string of the molecule is O=C(c1ccc(C(F)(F)F)cc1)c1c[nH]cc1-c1ccccc1C#Cc1ccccc1. The summed E-state index contributed by atoms with van der Waals surface area (Å²) in [5.74, 6) is 5.89. The number of H-pyrrole nitrogens is 1. The first-order valence-electron chi connectivity index (χ1n) is 9.49. The van der Waals surface area contributed by atoms with E-state index in [0.29, 0.717) is 11.1 Å². The van der Waals surface area contributed by atoms with E-state index in [0.717, 1.165) is 28.8 Å². The van der Waals surface area contributed by atoms with Crippen LogP contribution in [0.15, 0.2) is 91.3 Å². The van der Waals surface area contributed by atoms with Gasteiger partial charge in [0, 0.05) is 40.2 Å². The lowest BCUT2D eigenvalue weighted by atomic mass is 9.94. The molecule has 4 rings (SSSR count). The fourth-order valence-corrected chi connectivity index (χ4v) is 3.23. The summed E-state index contributed by atoms with van der Waals surface area (Å²) < 4.78 is 38.4. The summed E-state index contributed by atoms with van der Waals surface area (Å²) in [6.07, 6.45) is -1.20. The van der Waals surface area contributed by atoms with Gasteiger partial charge in [0.05, 0.1) is 5.56 Å². The first-order chi connectivity index (χ1) is 14.9. The molecule has 1 heterocycles. The molecule has 0 amide bonds. The van der Waals surface area contributed by atoms with Crippen LogP contribution in [0.2, 0.25) is 0 Å². The average Bonchev–Trinajstić information content (AvgIpc) is 3.27. The van der Waals surface area contributed by atoms with Crippen LogP contribution in [-0.2, 0) is 6.18 Å². The Labute approximate surface area is 177 Å². The molecule has 0 atom stereocenters. The Morgan fingerprint density at radius 3 is 2.13 bits per heavy atom. The van der Waals surface area contributed by atoms with Gasteiger partial charge in [-0.15, -0.1) is 0 Å². The molecule has 5 heteroatoms. The first kappa shape index (κ1) is 20.2. The van der Waals surface area contributed by atoms with E-state index in [-0.39, 0.29) is 11.3 Å². The number of aromatic amines is 1. The minimum absolute atomic E-state index is 0.182. The zero-order chi connectivity index (χ0) is 21.8. The van der Waals surface area contributed by atoms with Crippen LogP contribution in [0.5, 0.6) is 0 Å². The summed E-state index contributed by atoms with van der Waals surface area (Å²) >= 11 is 0. The number of halogens is 3. The van der Waals surface area contributed by atoms with Crippen LogP contribution >= 0.6 is 0 Å². The Morgan fingerprint density at radius 1 is 0.742 bits per heavy atom. The van der Waals surface area contributed by atoms with Crippen LogP contribution in [0, 0.1) is 11.8 Å². The molecule has 152 valence electrons. The highest BCUT2D eigenvalue weighted by molar-refractivity contribution is 6.13. The van der Waals surface area contributed by atoms with Gasteiger partial charge >= 0.3 is 6.18 Å². The van der Waals surface area contributed by atoms with E-state index in [1.165, 1.54) is 12.1 Å². The standard InChI is InChI=1S/C26H16F3NO/c27-26(28,29)21-14-12-20(13-15-21)25(31)24-17-30-16-23(24)22-9-5-4-8-19(22)11-10-18-6-2-1-3-7-18/h1-9,12-17,30H. The van der Waals surface area contributed by atoms with Gasteiger partial charge in [-0.25, -0.2) is 0 Å². The highest BCUT2D eigenvalue weighted by Gasteiger charge is 2.30. The molecule has 0 aliphatic carbocycles. The lowest BCUT2D eigenvalue weighted by molar-refractivity contribution is -0.137. The third-order valence-electron chi connectivity index (χ3n) is 4.80. The quantitative estimate of drug-likeness (QED) is 0.308. The van der Waals surface area contributed by atoms with Gasteiger partial charge < -0.3 is 4.98 Å². The van der Waals surface area contributed by atoms with Crippen LogP contribution < -0.4 is 0 Å². The maximum atomic E-state index is 13.0. The molecule has 0 unspecified atom stereocenters. The van der Waals surface area contributed by atoms with Gasteiger partial charge in [-0.1, -0.05) is 60.4 Å². The molecule has 0 fully saturated rings. The molecular formula is C26H16F3NO. The van der Waals surface area contributed by atoms with Crippen LogP contribution in [0.4, 0.5) is 13.2 Å². The Hall–Kier alpha value is -4.04. The van der Waals surface area contributed by atoms with E-state index in [2.05, 4.69) is 16.8 Å². The van der Waals surface area contributed by atoms with Crippen LogP contribution in [-0.4, -0.2) is 10.8 Å². The van der Waals surface area contributed by atoms with Crippen molar-refractivity contribution in [2.24, 2.45) is 0 Å². The second kappa shape index (κ2) is 8.37. The smallest absolute Gasteiger partial charge is 0.366 e. The molecule has 0 aliphatic rings. The number of hydrogen-bond acceptors (Lipinski definition) is 1. The molecule has 0 aliphatic heterocycles. The van der Waals surface area contributed by atoms with Crippen LogP contribution in [0.3, 0.4) is 0 Å². The Morgan fingerprint density at radius 2 is 1.42 bits per heavy atom. The van der Waals surface area contributed by atoms with Gasteiger partial charge in [-0.3, -0.25) is 4.79 Å². The van der Waals surface area contributed by atoms with E-state index >= 15 is 0 Å². The summed E-state index contributed by atoms with van der Waals surface area (Å²) in [5.41, 5.74) is 2.78. The van der Waals surface area contributed by atoms with Crippen LogP contribution in [0.25, 0.3) is 11.1 Å². The fourth-order valence-electron chi connectivity index (χ4n) is 3.23. The molecule has 0 spiro atoms. The zero-order valence-corrected chi connectivity index (χ0v) is 16.2. The van der Waals surface area contributed by atoms with Crippen molar-refractivity contribution in [3.63, 3.8) is 0 Å². The Bertz CT molecular complexity index is 1270. The number of benzene rings is 3. The maximum Gasteiger partial charge on any atom is 0.416 e. The fraction of sp³-hybridized carbons (Fsp3) is 0.0385. The molecule has 3 aromatic carbocycles. The average molecular weight is 415 g/mol. The maximum absolute atomic E-state index is 13.0. The lowest BCUT2D eigenvalue weighted by Crippen LogP contribution is -2.07. The van der Waals surface area contributed by atoms with Crippen molar-refractivity contribution in [3.05, 3.63) is 119 Å². The topological polar surface area (TPSA) is 32.9 Å². The van der Waals surface area contributed by atoms with Crippen molar-refractivity contribution >= 4 is 5.78 Å². The van der Waals surface area contributed by atoms with Crippen molar-refractivity contribution in [1.29, 1.82) is 0 Å². The highest BCUT2D eigenvalue weighted by Crippen LogP contribution is 2.31. The highest BCUT2D eigenvalue weighted by atomic mass is 19.4. The summed E-state index contributed by atoms with van der Waals surface area (Å²) in [6, 6.07) is 21.2. The number of carbonyl (C=O) groups is 1. The van der Waals surface area contributed by atoms with Gasteiger partial charge in [-0.2, -0.15) is 13.2 Å². The van der Waals surface area contributed by atoms with E-state index < -0.39 is 11.7 Å². The molecule has 2 nitrogen and oxygen atoms in total. The van der Waals surface area contributed by atoms with Crippen molar-refractivity contribution in [3.8, 4) is 23.0 Å². The van der Waals surface area contributed by atoms with Gasteiger partial charge in [0.25, 0.3) is 0 Å². The summed E-state index contributed by atoms with van der Waals surface area (Å²) in [5, 5.41) is 0. The number of carbonyl (C=O) groups excluding carboxylic acids is 1. The monoisotopic (exact) mass is 415 g/mol. The van der Waals surface area contributed by atoms with E-state index in [9.17, 15) is 18.0 Å². The van der Waals surface area contributed by atoms with Crippen molar-refractivity contribution in [1.82, 2.24) is 4.98 Å². The Kier molecular flexibility index (Phi) is 5.46. The Balaban J connectivity index is 1.70. The number of rotatable bonds is 3. The number of aromatic nitrogens is 1. The molecule has 0 bridgehead atoms. The third kappa shape index (κ3) is 4.44. The molecule has 0 saturated heterocycles. The molecule has 31 heavy (non-hydrogen) atoms. The molecule has 0 radical (unpaired) electrons.